The summed E-state index contributed by atoms with van der Waals surface area (Å²) < 4.78 is 6.59. The fourth-order valence-corrected chi connectivity index (χ4v) is 6.82. The van der Waals surface area contributed by atoms with Crippen molar-refractivity contribution in [1.82, 2.24) is 0 Å². The van der Waals surface area contributed by atoms with E-state index in [0.29, 0.717) is 17.1 Å². The first-order chi connectivity index (χ1) is 9.24. The maximum absolute atomic E-state index is 6.59. The van der Waals surface area contributed by atoms with Gasteiger partial charge in [0.15, 0.2) is 0 Å². The lowest BCUT2D eigenvalue weighted by Gasteiger charge is -2.38. The lowest BCUT2D eigenvalue weighted by atomic mass is 9.71. The Kier molecular flexibility index (Phi) is 3.27. The van der Waals surface area contributed by atoms with Crippen LogP contribution in [0.25, 0.3) is 0 Å². The molecule has 4 atom stereocenters. The first kappa shape index (κ1) is 13.1. The lowest BCUT2D eigenvalue weighted by Crippen LogP contribution is -2.35. The third-order valence-electron chi connectivity index (χ3n) is 6.86. The first-order valence-electron chi connectivity index (χ1n) is 8.47. The second-order valence-corrected chi connectivity index (χ2v) is 8.51. The molecule has 3 aliphatic carbocycles. The molecule has 1 spiro atoms. The summed E-state index contributed by atoms with van der Waals surface area (Å²) in [7, 11) is 0. The number of rotatable bonds is 3. The van der Waals surface area contributed by atoms with Crippen molar-refractivity contribution in [2.45, 2.75) is 82.3 Å². The molecule has 4 aliphatic rings. The molecule has 1 saturated heterocycles. The predicted molar refractivity (Wildman–Crippen MR) is 81.6 cm³/mol. The predicted octanol–water partition coefficient (Wildman–Crippen LogP) is 5.07. The molecule has 1 heterocycles. The smallest absolute Gasteiger partial charge is 0.0687 e. The van der Waals surface area contributed by atoms with Crippen LogP contribution in [0.15, 0.2) is 0 Å². The normalized spacial score (nSPS) is 47.5. The summed E-state index contributed by atoms with van der Waals surface area (Å²) in [6, 6.07) is 0. The van der Waals surface area contributed by atoms with Crippen molar-refractivity contribution >= 4 is 15.9 Å². The average Bonchev–Trinajstić information content (AvgIpc) is 3.17. The zero-order valence-corrected chi connectivity index (χ0v) is 13.6. The Morgan fingerprint density at radius 3 is 2.53 bits per heavy atom. The Morgan fingerprint density at radius 1 is 1.05 bits per heavy atom. The van der Waals surface area contributed by atoms with Gasteiger partial charge in [-0.25, -0.2) is 0 Å². The molecule has 2 bridgehead atoms. The Bertz CT molecular complexity index is 349. The topological polar surface area (TPSA) is 9.23 Å². The summed E-state index contributed by atoms with van der Waals surface area (Å²) in [4.78, 5) is 0. The summed E-state index contributed by atoms with van der Waals surface area (Å²) >= 11 is 3.86. The van der Waals surface area contributed by atoms with Crippen molar-refractivity contribution in [3.8, 4) is 0 Å². The van der Waals surface area contributed by atoms with Crippen LogP contribution >= 0.6 is 15.9 Å². The highest BCUT2D eigenvalue weighted by Gasteiger charge is 2.52. The van der Waals surface area contributed by atoms with Crippen molar-refractivity contribution in [3.63, 3.8) is 0 Å². The molecule has 4 rings (SSSR count). The second kappa shape index (κ2) is 4.73. The zero-order chi connectivity index (χ0) is 12.9. The first-order valence-corrected chi connectivity index (χ1v) is 9.60. The van der Waals surface area contributed by atoms with E-state index in [9.17, 15) is 0 Å². The molecular formula is C17H27BrO. The molecule has 0 aromatic carbocycles. The quantitative estimate of drug-likeness (QED) is 0.658. The van der Waals surface area contributed by atoms with Crippen LogP contribution in [0, 0.1) is 17.3 Å². The van der Waals surface area contributed by atoms with Crippen molar-refractivity contribution < 1.29 is 4.74 Å². The summed E-state index contributed by atoms with van der Waals surface area (Å²) in [5, 5.41) is 1.22. The summed E-state index contributed by atoms with van der Waals surface area (Å²) in [5.74, 6) is 2.05. The number of hydrogen-bond acceptors (Lipinski definition) is 1. The van der Waals surface area contributed by atoms with Gasteiger partial charge in [0.1, 0.15) is 0 Å². The van der Waals surface area contributed by atoms with E-state index in [1.807, 2.05) is 0 Å². The van der Waals surface area contributed by atoms with Gasteiger partial charge in [0.05, 0.1) is 11.7 Å². The van der Waals surface area contributed by atoms with Gasteiger partial charge in [-0.3, -0.25) is 0 Å². The molecular weight excluding hydrogens is 300 g/mol. The minimum atomic E-state index is 0.329. The van der Waals surface area contributed by atoms with Crippen molar-refractivity contribution in [2.75, 3.05) is 5.33 Å². The molecule has 3 saturated carbocycles. The van der Waals surface area contributed by atoms with Gasteiger partial charge in [0.25, 0.3) is 0 Å². The standard InChI is InChI=1S/C17H27BrO/c18-12-16(10-13-3-4-14(16)9-13)11-15-5-8-17(19-15)6-1-2-7-17/h13-15H,1-12H2. The van der Waals surface area contributed by atoms with E-state index in [1.54, 1.807) is 0 Å². The lowest BCUT2D eigenvalue weighted by molar-refractivity contribution is -0.0569. The monoisotopic (exact) mass is 326 g/mol. The molecule has 0 aromatic rings. The summed E-state index contributed by atoms with van der Waals surface area (Å²) in [6.45, 7) is 0. The highest BCUT2D eigenvalue weighted by Crippen LogP contribution is 2.60. The molecule has 19 heavy (non-hydrogen) atoms. The highest BCUT2D eigenvalue weighted by atomic mass is 79.9. The van der Waals surface area contributed by atoms with Crippen LogP contribution in [0.1, 0.15) is 70.6 Å². The maximum Gasteiger partial charge on any atom is 0.0687 e. The van der Waals surface area contributed by atoms with Crippen molar-refractivity contribution in [2.24, 2.45) is 17.3 Å². The fraction of sp³-hybridized carbons (Fsp3) is 1.00. The van der Waals surface area contributed by atoms with E-state index in [-0.39, 0.29) is 0 Å². The number of halogens is 1. The van der Waals surface area contributed by atoms with Gasteiger partial charge in [-0.15, -0.1) is 0 Å². The molecule has 0 N–H and O–H groups in total. The number of hydrogen-bond donors (Lipinski definition) is 0. The van der Waals surface area contributed by atoms with E-state index in [0.717, 1.165) is 11.8 Å². The van der Waals surface area contributed by atoms with Gasteiger partial charge in [0.2, 0.25) is 0 Å². The number of fused-ring (bicyclic) bond motifs is 2. The summed E-state index contributed by atoms with van der Waals surface area (Å²) in [5.41, 5.74) is 0.924. The molecule has 4 fully saturated rings. The molecule has 1 nitrogen and oxygen atoms in total. The van der Waals surface area contributed by atoms with E-state index >= 15 is 0 Å². The van der Waals surface area contributed by atoms with Crippen LogP contribution in [-0.4, -0.2) is 17.0 Å². The van der Waals surface area contributed by atoms with Gasteiger partial charge in [-0.1, -0.05) is 35.2 Å². The number of alkyl halides is 1. The average molecular weight is 327 g/mol. The van der Waals surface area contributed by atoms with Crippen LogP contribution in [-0.2, 0) is 4.74 Å². The zero-order valence-electron chi connectivity index (χ0n) is 12.0. The van der Waals surface area contributed by atoms with Crippen LogP contribution in [0.3, 0.4) is 0 Å². The van der Waals surface area contributed by atoms with E-state index in [1.165, 1.54) is 76.0 Å². The van der Waals surface area contributed by atoms with Gasteiger partial charge in [0, 0.05) is 5.33 Å². The SMILES string of the molecule is BrCC1(CC2CCC3(CCCC3)O2)CC2CCC1C2. The minimum Gasteiger partial charge on any atom is -0.372 e. The Morgan fingerprint density at radius 2 is 1.89 bits per heavy atom. The Hall–Kier alpha value is 0.440. The van der Waals surface area contributed by atoms with E-state index in [4.69, 9.17) is 4.74 Å². The van der Waals surface area contributed by atoms with Crippen LogP contribution in [0.5, 0.6) is 0 Å². The van der Waals surface area contributed by atoms with Gasteiger partial charge in [-0.2, -0.15) is 0 Å². The third-order valence-corrected chi connectivity index (χ3v) is 7.97. The molecule has 0 amide bonds. The molecule has 2 heteroatoms. The minimum absolute atomic E-state index is 0.329. The molecule has 4 unspecified atom stereocenters. The van der Waals surface area contributed by atoms with Crippen LogP contribution < -0.4 is 0 Å². The highest BCUT2D eigenvalue weighted by molar-refractivity contribution is 9.09. The van der Waals surface area contributed by atoms with Gasteiger partial charge >= 0.3 is 0 Å². The largest absolute Gasteiger partial charge is 0.372 e. The third kappa shape index (κ3) is 2.12. The molecule has 0 radical (unpaired) electrons. The van der Waals surface area contributed by atoms with Crippen molar-refractivity contribution in [1.29, 1.82) is 0 Å². The van der Waals surface area contributed by atoms with Crippen molar-refractivity contribution in [3.05, 3.63) is 0 Å². The van der Waals surface area contributed by atoms with E-state index in [2.05, 4.69) is 15.9 Å². The second-order valence-electron chi connectivity index (χ2n) is 7.95. The molecule has 1 aliphatic heterocycles. The Balaban J connectivity index is 1.44. The maximum atomic E-state index is 6.59. The van der Waals surface area contributed by atoms with E-state index < -0.39 is 0 Å². The summed E-state index contributed by atoms with van der Waals surface area (Å²) in [6.07, 6.45) is 16.1. The van der Waals surface area contributed by atoms with Crippen LogP contribution in [0.2, 0.25) is 0 Å². The number of ether oxygens (including phenoxy) is 1. The van der Waals surface area contributed by atoms with Crippen LogP contribution in [0.4, 0.5) is 0 Å². The molecule has 108 valence electrons. The fourth-order valence-electron chi connectivity index (χ4n) is 5.91. The van der Waals surface area contributed by atoms with Gasteiger partial charge < -0.3 is 4.74 Å². The molecule has 0 aromatic heterocycles. The Labute approximate surface area is 126 Å². The van der Waals surface area contributed by atoms with Gasteiger partial charge in [-0.05, 0) is 68.6 Å².